The van der Waals surface area contributed by atoms with Crippen molar-refractivity contribution in [3.63, 3.8) is 0 Å². The van der Waals surface area contributed by atoms with Crippen LogP contribution in [0.3, 0.4) is 0 Å². The van der Waals surface area contributed by atoms with Gasteiger partial charge in [-0.1, -0.05) is 40.4 Å². The van der Waals surface area contributed by atoms with Crippen LogP contribution in [0.4, 0.5) is 0 Å². The maximum atomic E-state index is 6.56. The molecule has 0 amide bonds. The zero-order valence-corrected chi connectivity index (χ0v) is 21.2. The summed E-state index contributed by atoms with van der Waals surface area (Å²) in [5.41, 5.74) is -0.533. The van der Waals surface area contributed by atoms with E-state index in [-0.39, 0.29) is 5.04 Å². The van der Waals surface area contributed by atoms with Crippen molar-refractivity contribution in [3.05, 3.63) is 10.6 Å². The Labute approximate surface area is 164 Å². The Morgan fingerprint density at radius 3 is 2.08 bits per heavy atom. The van der Waals surface area contributed by atoms with Crippen LogP contribution in [0.1, 0.15) is 40.4 Å². The lowest BCUT2D eigenvalue weighted by Crippen LogP contribution is -2.46. The normalized spacial score (nSPS) is 14.2. The van der Waals surface area contributed by atoms with E-state index in [4.69, 9.17) is 9.16 Å². The van der Waals surface area contributed by atoms with E-state index in [1.165, 1.54) is 0 Å². The van der Waals surface area contributed by atoms with E-state index in [1.54, 1.807) is 4.68 Å². The summed E-state index contributed by atoms with van der Waals surface area (Å²) in [6.45, 7) is 23.5. The molecule has 0 aliphatic heterocycles. The van der Waals surface area contributed by atoms with Crippen molar-refractivity contribution in [1.29, 1.82) is 0 Å². The predicted molar refractivity (Wildman–Crippen MR) is 113 cm³/mol. The first kappa shape index (κ1) is 23.0. The number of rotatable bonds is 8. The van der Waals surface area contributed by atoms with Crippen molar-refractivity contribution in [1.82, 2.24) is 14.8 Å². The van der Waals surface area contributed by atoms with Crippen molar-refractivity contribution in [3.8, 4) is 0 Å². The van der Waals surface area contributed by atoms with E-state index >= 15 is 0 Å². The summed E-state index contributed by atoms with van der Waals surface area (Å²) in [6, 6.07) is 1.14. The second kappa shape index (κ2) is 7.92. The van der Waals surface area contributed by atoms with Crippen LogP contribution in [-0.2, 0) is 21.5 Å². The smallest absolute Gasteiger partial charge is 0.197 e. The molecule has 0 fully saturated rings. The number of hydrogen-bond acceptors (Lipinski definition) is 4. The lowest BCUT2D eigenvalue weighted by atomic mass is 10.1. The van der Waals surface area contributed by atoms with Crippen LogP contribution in [0.15, 0.2) is 4.73 Å². The average Bonchev–Trinajstić information content (AvgIpc) is 2.73. The van der Waals surface area contributed by atoms with Gasteiger partial charge in [-0.3, -0.25) is 0 Å². The summed E-state index contributed by atoms with van der Waals surface area (Å²) in [7, 11) is -2.99. The van der Waals surface area contributed by atoms with Crippen molar-refractivity contribution in [2.45, 2.75) is 90.8 Å². The Kier molecular flexibility index (Phi) is 7.29. The molecule has 1 aromatic heterocycles. The molecule has 1 heterocycles. The number of halogens is 1. The van der Waals surface area contributed by atoms with E-state index in [9.17, 15) is 0 Å². The molecule has 0 N–H and O–H groups in total. The zero-order valence-electron chi connectivity index (χ0n) is 17.7. The minimum atomic E-state index is -1.91. The molecule has 1 aromatic rings. The largest absolute Gasteiger partial charge is 0.405 e. The molecule has 0 aliphatic rings. The fraction of sp³-hybridized carbons (Fsp3) is 0.882. The van der Waals surface area contributed by atoms with E-state index < -0.39 is 22.0 Å². The number of aromatic nitrogens is 3. The third-order valence-electron chi connectivity index (χ3n) is 4.69. The quantitative estimate of drug-likeness (QED) is 0.382. The molecule has 0 saturated carbocycles. The molecule has 0 bridgehead atoms. The summed E-state index contributed by atoms with van der Waals surface area (Å²) < 4.78 is 14.8. The third-order valence-corrected chi connectivity index (χ3v) is 11.6. The van der Waals surface area contributed by atoms with Gasteiger partial charge in [0.05, 0.1) is 0 Å². The van der Waals surface area contributed by atoms with Gasteiger partial charge in [-0.25, -0.2) is 9.67 Å². The predicted octanol–water partition coefficient (Wildman–Crippen LogP) is 5.61. The van der Waals surface area contributed by atoms with Gasteiger partial charge < -0.3 is 9.16 Å². The van der Waals surface area contributed by atoms with Crippen molar-refractivity contribution in [2.24, 2.45) is 0 Å². The summed E-state index contributed by atoms with van der Waals surface area (Å²) in [6.07, 6.45) is 0. The summed E-state index contributed by atoms with van der Waals surface area (Å²) in [5.74, 6) is 0.693. The van der Waals surface area contributed by atoms with Crippen molar-refractivity contribution >= 4 is 32.3 Å². The van der Waals surface area contributed by atoms with Crippen LogP contribution in [0.25, 0.3) is 0 Å². The molecule has 0 atom stereocenters. The molecule has 0 spiro atoms. The molecule has 0 unspecified atom stereocenters. The Morgan fingerprint density at radius 1 is 1.04 bits per heavy atom. The Bertz CT molecular complexity index is 575. The average molecular weight is 451 g/mol. The fourth-order valence-electron chi connectivity index (χ4n) is 2.03. The molecule has 25 heavy (non-hydrogen) atoms. The van der Waals surface area contributed by atoms with Gasteiger partial charge in [0.15, 0.2) is 18.9 Å². The first-order valence-corrected chi connectivity index (χ1v) is 16.3. The molecule has 0 radical (unpaired) electrons. The second-order valence-corrected chi connectivity index (χ2v) is 21.0. The van der Waals surface area contributed by atoms with Gasteiger partial charge in [0.1, 0.15) is 12.3 Å². The molecule has 0 aliphatic carbocycles. The molecule has 8 heteroatoms. The standard InChI is InChI=1S/C17H36BrN3O2Si2/c1-16(2,3)25(9,10)23-17(4,5)14-19-15(18)21(20-14)13-22-11-12-24(6,7)8/h11-13H2,1-10H3. The highest BCUT2D eigenvalue weighted by molar-refractivity contribution is 9.10. The minimum Gasteiger partial charge on any atom is -0.405 e. The molecule has 146 valence electrons. The monoisotopic (exact) mass is 449 g/mol. The number of ether oxygens (including phenoxy) is 1. The fourth-order valence-corrected chi connectivity index (χ4v) is 4.81. The Morgan fingerprint density at radius 2 is 1.60 bits per heavy atom. The van der Waals surface area contributed by atoms with Crippen LogP contribution >= 0.6 is 15.9 Å². The van der Waals surface area contributed by atoms with E-state index in [0.717, 1.165) is 12.7 Å². The van der Waals surface area contributed by atoms with E-state index in [2.05, 4.69) is 79.5 Å². The lowest BCUT2D eigenvalue weighted by Gasteiger charge is -2.41. The van der Waals surface area contributed by atoms with Gasteiger partial charge in [0.2, 0.25) is 0 Å². The molecular formula is C17H36BrN3O2Si2. The Balaban J connectivity index is 2.80. The molecule has 0 aromatic carbocycles. The summed E-state index contributed by atoms with van der Waals surface area (Å²) in [5, 5.41) is 4.77. The van der Waals surface area contributed by atoms with E-state index in [1.807, 2.05) is 13.8 Å². The van der Waals surface area contributed by atoms with Gasteiger partial charge >= 0.3 is 0 Å². The lowest BCUT2D eigenvalue weighted by molar-refractivity contribution is 0.0670. The third kappa shape index (κ3) is 6.89. The minimum absolute atomic E-state index is 0.143. The summed E-state index contributed by atoms with van der Waals surface area (Å²) in [4.78, 5) is 4.57. The maximum Gasteiger partial charge on any atom is 0.197 e. The van der Waals surface area contributed by atoms with E-state index in [0.29, 0.717) is 17.3 Å². The van der Waals surface area contributed by atoms with Gasteiger partial charge in [0.25, 0.3) is 0 Å². The molecule has 5 nitrogen and oxygen atoms in total. The van der Waals surface area contributed by atoms with Crippen LogP contribution < -0.4 is 0 Å². The highest BCUT2D eigenvalue weighted by atomic mass is 79.9. The van der Waals surface area contributed by atoms with Crippen molar-refractivity contribution in [2.75, 3.05) is 6.61 Å². The highest BCUT2D eigenvalue weighted by Crippen LogP contribution is 2.41. The number of nitrogens with zero attached hydrogens (tertiary/aromatic N) is 3. The first-order valence-electron chi connectivity index (χ1n) is 8.94. The van der Waals surface area contributed by atoms with Crippen LogP contribution in [-0.4, -0.2) is 37.8 Å². The summed E-state index contributed by atoms with van der Waals surface area (Å²) >= 11 is 3.49. The second-order valence-electron chi connectivity index (χ2n) is 9.92. The number of hydrogen-bond donors (Lipinski definition) is 0. The van der Waals surface area contributed by atoms with Gasteiger partial charge in [-0.15, -0.1) is 5.10 Å². The van der Waals surface area contributed by atoms with Gasteiger partial charge in [0, 0.05) is 14.7 Å². The SMILES string of the molecule is CC(C)(O[Si](C)(C)C(C)(C)C)c1nc(Br)n(COCC[Si](C)(C)C)n1. The van der Waals surface area contributed by atoms with Gasteiger partial charge in [-0.2, -0.15) is 0 Å². The first-order chi connectivity index (χ1) is 11.1. The van der Waals surface area contributed by atoms with Crippen LogP contribution in [0.2, 0.25) is 43.8 Å². The topological polar surface area (TPSA) is 49.2 Å². The van der Waals surface area contributed by atoms with Crippen LogP contribution in [0, 0.1) is 0 Å². The van der Waals surface area contributed by atoms with Gasteiger partial charge in [-0.05, 0) is 54.0 Å². The molecular weight excluding hydrogens is 414 g/mol. The van der Waals surface area contributed by atoms with Crippen molar-refractivity contribution < 1.29 is 9.16 Å². The maximum absolute atomic E-state index is 6.56. The molecule has 1 rings (SSSR count). The zero-order chi connectivity index (χ0) is 19.7. The van der Waals surface area contributed by atoms with Crippen LogP contribution in [0.5, 0.6) is 0 Å². The highest BCUT2D eigenvalue weighted by Gasteiger charge is 2.43. The Hall–Kier alpha value is -0.0262. The molecule has 0 saturated heterocycles.